The summed E-state index contributed by atoms with van der Waals surface area (Å²) in [4.78, 5) is 14.7. The first-order valence-corrected chi connectivity index (χ1v) is 4.58. The predicted octanol–water partition coefficient (Wildman–Crippen LogP) is 2.62. The van der Waals surface area contributed by atoms with E-state index in [1.807, 2.05) is 0 Å². The van der Waals surface area contributed by atoms with E-state index in [-0.39, 0.29) is 17.9 Å². The fourth-order valence-corrected chi connectivity index (χ4v) is 1.30. The van der Waals surface area contributed by atoms with Gasteiger partial charge in [0.05, 0.1) is 10.9 Å². The lowest BCUT2D eigenvalue weighted by Gasteiger charge is -2.22. The first-order valence-electron chi connectivity index (χ1n) is 4.17. The second-order valence-corrected chi connectivity index (χ2v) is 3.53. The summed E-state index contributed by atoms with van der Waals surface area (Å²) in [7, 11) is 0. The first-order chi connectivity index (χ1) is 6.47. The molecule has 1 unspecified atom stereocenters. The Morgan fingerprint density at radius 3 is 2.93 bits per heavy atom. The first kappa shape index (κ1) is 11.0. The van der Waals surface area contributed by atoms with Crippen LogP contribution in [-0.4, -0.2) is 16.6 Å². The van der Waals surface area contributed by atoms with Gasteiger partial charge in [-0.15, -0.1) is 0 Å². The lowest BCUT2D eigenvalue weighted by molar-refractivity contribution is -0.113. The highest BCUT2D eigenvalue weighted by Gasteiger charge is 2.31. The van der Waals surface area contributed by atoms with E-state index in [4.69, 9.17) is 0 Å². The lowest BCUT2D eigenvalue weighted by Crippen LogP contribution is -2.23. The van der Waals surface area contributed by atoms with Crippen LogP contribution >= 0.6 is 12.2 Å². The van der Waals surface area contributed by atoms with Crippen molar-refractivity contribution < 1.29 is 9.18 Å². The molecule has 0 N–H and O–H groups in total. The highest BCUT2D eigenvalue weighted by molar-refractivity contribution is 7.78. The van der Waals surface area contributed by atoms with Gasteiger partial charge >= 0.3 is 0 Å². The number of alkyl halides is 1. The summed E-state index contributed by atoms with van der Waals surface area (Å²) in [5.74, 6) is -0.0995. The van der Waals surface area contributed by atoms with Crippen molar-refractivity contribution in [1.29, 1.82) is 0 Å². The Hall–Kier alpha value is -1.12. The third-order valence-electron chi connectivity index (χ3n) is 2.10. The van der Waals surface area contributed by atoms with Crippen molar-refractivity contribution >= 4 is 23.2 Å². The van der Waals surface area contributed by atoms with Gasteiger partial charge in [-0.3, -0.25) is 4.79 Å². The van der Waals surface area contributed by atoms with Crippen LogP contribution in [0.5, 0.6) is 0 Å². The van der Waals surface area contributed by atoms with Crippen molar-refractivity contribution in [3.63, 3.8) is 0 Å². The molecule has 0 heterocycles. The van der Waals surface area contributed by atoms with Crippen molar-refractivity contribution in [1.82, 2.24) is 0 Å². The molecule has 0 aromatic heterocycles. The summed E-state index contributed by atoms with van der Waals surface area (Å²) in [5.41, 5.74) is -0.908. The minimum Gasteiger partial charge on any atom is -0.295 e. The monoisotopic (exact) mass is 211 g/mol. The van der Waals surface area contributed by atoms with Crippen LogP contribution in [0.1, 0.15) is 20.3 Å². The molecule has 0 amide bonds. The van der Waals surface area contributed by atoms with Crippen molar-refractivity contribution in [3.05, 3.63) is 23.4 Å². The molecule has 0 aliphatic heterocycles. The summed E-state index contributed by atoms with van der Waals surface area (Å²) >= 11 is 4.41. The molecular weight excluding hydrogens is 201 g/mol. The van der Waals surface area contributed by atoms with Gasteiger partial charge in [-0.25, -0.2) is 4.39 Å². The summed E-state index contributed by atoms with van der Waals surface area (Å²) in [6, 6.07) is 0. The molecule has 0 spiro atoms. The van der Waals surface area contributed by atoms with Gasteiger partial charge in [-0.1, -0.05) is 6.08 Å². The summed E-state index contributed by atoms with van der Waals surface area (Å²) in [6.45, 7) is 2.84. The Bertz CT molecular complexity index is 376. The number of nitrogens with zero attached hydrogens (tertiary/aromatic N) is 1. The average Bonchev–Trinajstić information content (AvgIpc) is 2.08. The van der Waals surface area contributed by atoms with Crippen LogP contribution < -0.4 is 0 Å². The van der Waals surface area contributed by atoms with Gasteiger partial charge in [-0.2, -0.15) is 4.99 Å². The maximum absolute atomic E-state index is 13.8. The summed E-state index contributed by atoms with van der Waals surface area (Å²) in [5, 5.41) is 2.11. The minimum absolute atomic E-state index is 0.0995. The van der Waals surface area contributed by atoms with Crippen LogP contribution in [0, 0.1) is 0 Å². The van der Waals surface area contributed by atoms with Crippen molar-refractivity contribution in [2.75, 3.05) is 0 Å². The molecule has 1 rings (SSSR count). The molecule has 0 radical (unpaired) electrons. The number of thiocarbonyl (C=S) groups is 1. The predicted molar refractivity (Wildman–Crippen MR) is 56.0 cm³/mol. The zero-order valence-corrected chi connectivity index (χ0v) is 8.82. The molecule has 4 heteroatoms. The van der Waals surface area contributed by atoms with Crippen LogP contribution in [-0.2, 0) is 4.79 Å². The minimum atomic E-state index is -1.55. The van der Waals surface area contributed by atoms with Crippen molar-refractivity contribution in [2.45, 2.75) is 25.9 Å². The number of ketones is 1. The zero-order chi connectivity index (χ0) is 10.8. The molecule has 0 saturated heterocycles. The number of carbonyl (C=O) groups excluding carboxylic acids is 1. The summed E-state index contributed by atoms with van der Waals surface area (Å²) < 4.78 is 13.8. The Kier molecular flexibility index (Phi) is 3.09. The number of isothiocyanates is 1. The van der Waals surface area contributed by atoms with Crippen LogP contribution in [0.3, 0.4) is 0 Å². The third kappa shape index (κ3) is 2.22. The number of carbonyl (C=O) groups is 1. The number of Topliss-reactive ketones (excluding diaryl/α,β-unsaturated/α-hetero) is 1. The van der Waals surface area contributed by atoms with Crippen LogP contribution in [0.25, 0.3) is 0 Å². The van der Waals surface area contributed by atoms with Gasteiger partial charge < -0.3 is 0 Å². The normalized spacial score (nSPS) is 25.9. The molecule has 74 valence electrons. The summed E-state index contributed by atoms with van der Waals surface area (Å²) in [6.07, 6.45) is 3.14. The molecular formula is C10H10FNOS. The number of hydrogen-bond donors (Lipinski definition) is 0. The molecule has 0 saturated carbocycles. The van der Waals surface area contributed by atoms with Crippen molar-refractivity contribution in [3.8, 4) is 0 Å². The van der Waals surface area contributed by atoms with E-state index in [2.05, 4.69) is 22.4 Å². The number of allylic oxidation sites excluding steroid dienone is 4. The SMILES string of the molecule is CC(=O)C1=CCC(C)(F)C(N=C=S)=C1. The van der Waals surface area contributed by atoms with Gasteiger partial charge in [0.25, 0.3) is 0 Å². The quantitative estimate of drug-likeness (QED) is 0.519. The van der Waals surface area contributed by atoms with E-state index in [0.717, 1.165) is 0 Å². The highest BCUT2D eigenvalue weighted by Crippen LogP contribution is 2.32. The maximum atomic E-state index is 13.8. The Morgan fingerprint density at radius 2 is 2.43 bits per heavy atom. The molecule has 1 atom stereocenters. The van der Waals surface area contributed by atoms with E-state index in [9.17, 15) is 9.18 Å². The number of aliphatic imine (C=N–C) groups is 1. The van der Waals surface area contributed by atoms with Crippen LogP contribution in [0.2, 0.25) is 0 Å². The van der Waals surface area contributed by atoms with E-state index < -0.39 is 5.67 Å². The molecule has 1 aliphatic rings. The molecule has 0 aromatic carbocycles. The molecule has 0 fully saturated rings. The highest BCUT2D eigenvalue weighted by atomic mass is 32.1. The fraction of sp³-hybridized carbons (Fsp3) is 0.400. The average molecular weight is 211 g/mol. The Morgan fingerprint density at radius 1 is 1.79 bits per heavy atom. The van der Waals surface area contributed by atoms with Gasteiger partial charge in [-0.05, 0) is 32.1 Å². The lowest BCUT2D eigenvalue weighted by atomic mass is 9.91. The van der Waals surface area contributed by atoms with Gasteiger partial charge in [0.2, 0.25) is 0 Å². The van der Waals surface area contributed by atoms with E-state index in [0.29, 0.717) is 5.57 Å². The standard InChI is InChI=1S/C10H10FNOS/c1-7(13)8-3-4-10(2,11)9(5-8)12-6-14/h3,5H,4H2,1-2H3. The van der Waals surface area contributed by atoms with Crippen molar-refractivity contribution in [2.24, 2.45) is 4.99 Å². The topological polar surface area (TPSA) is 29.4 Å². The third-order valence-corrected chi connectivity index (χ3v) is 2.20. The second-order valence-electron chi connectivity index (χ2n) is 3.35. The van der Waals surface area contributed by atoms with Crippen LogP contribution in [0.4, 0.5) is 4.39 Å². The molecule has 1 aliphatic carbocycles. The zero-order valence-electron chi connectivity index (χ0n) is 8.00. The van der Waals surface area contributed by atoms with E-state index in [1.54, 1.807) is 6.08 Å². The largest absolute Gasteiger partial charge is 0.295 e. The molecule has 0 aromatic rings. The maximum Gasteiger partial charge on any atom is 0.159 e. The Labute approximate surface area is 87.2 Å². The van der Waals surface area contributed by atoms with Crippen LogP contribution in [0.15, 0.2) is 28.4 Å². The Balaban J connectivity index is 3.11. The molecule has 0 bridgehead atoms. The smallest absolute Gasteiger partial charge is 0.159 e. The molecule has 2 nitrogen and oxygen atoms in total. The number of rotatable bonds is 2. The molecule has 14 heavy (non-hydrogen) atoms. The van der Waals surface area contributed by atoms with Gasteiger partial charge in [0.1, 0.15) is 0 Å². The second kappa shape index (κ2) is 3.95. The number of hydrogen-bond acceptors (Lipinski definition) is 3. The van der Waals surface area contributed by atoms with Gasteiger partial charge in [0.15, 0.2) is 11.5 Å². The van der Waals surface area contributed by atoms with Gasteiger partial charge in [0, 0.05) is 12.0 Å². The van der Waals surface area contributed by atoms with E-state index in [1.165, 1.54) is 19.9 Å². The number of halogens is 1. The van der Waals surface area contributed by atoms with E-state index >= 15 is 0 Å². The fourth-order valence-electron chi connectivity index (χ4n) is 1.21.